The highest BCUT2D eigenvalue weighted by Crippen LogP contribution is 2.20. The zero-order valence-corrected chi connectivity index (χ0v) is 14.4. The van der Waals surface area contributed by atoms with Gasteiger partial charge in [0, 0.05) is 12.7 Å². The van der Waals surface area contributed by atoms with Crippen LogP contribution in [-0.4, -0.2) is 38.6 Å². The van der Waals surface area contributed by atoms with Gasteiger partial charge in [0.15, 0.2) is 6.61 Å². The molecule has 2 aromatic carbocycles. The molecule has 2 aromatic rings. The number of carbonyl (C=O) groups excluding carboxylic acids is 3. The number of benzene rings is 2. The topological polar surface area (TPSA) is 106 Å². The number of methoxy groups -OCH3 is 1. The minimum atomic E-state index is -0.604. The van der Waals surface area contributed by atoms with E-state index in [1.165, 1.54) is 14.2 Å². The Kier molecular flexibility index (Phi) is 6.55. The first-order valence-corrected chi connectivity index (χ1v) is 7.72. The van der Waals surface area contributed by atoms with Crippen molar-refractivity contribution in [3.8, 4) is 11.5 Å². The second-order valence-corrected chi connectivity index (χ2v) is 5.09. The standard InChI is InChI=1S/C18H19N3O5/c1-19-18(24)21-16(22)11-26-13-9-7-12(8-10-13)20-17(23)14-5-3-4-6-15(14)25-2/h3-10H,11H2,1-2H3,(H,20,23)(H2,19,21,22,24). The van der Waals surface area contributed by atoms with Crippen LogP contribution in [0.2, 0.25) is 0 Å². The number of hydrogen-bond acceptors (Lipinski definition) is 5. The maximum Gasteiger partial charge on any atom is 0.321 e. The van der Waals surface area contributed by atoms with E-state index in [-0.39, 0.29) is 12.5 Å². The average Bonchev–Trinajstić information content (AvgIpc) is 2.67. The predicted octanol–water partition coefficient (Wildman–Crippen LogP) is 1.78. The fraction of sp³-hybridized carbons (Fsp3) is 0.167. The predicted molar refractivity (Wildman–Crippen MR) is 95.5 cm³/mol. The van der Waals surface area contributed by atoms with E-state index in [0.717, 1.165) is 0 Å². The SMILES string of the molecule is CNC(=O)NC(=O)COc1ccc(NC(=O)c2ccccc2OC)cc1. The second-order valence-electron chi connectivity index (χ2n) is 5.09. The molecular weight excluding hydrogens is 338 g/mol. The molecule has 0 unspecified atom stereocenters. The number of anilines is 1. The minimum absolute atomic E-state index is 0.305. The van der Waals surface area contributed by atoms with Crippen molar-refractivity contribution in [3.05, 3.63) is 54.1 Å². The molecule has 0 fully saturated rings. The van der Waals surface area contributed by atoms with E-state index in [0.29, 0.717) is 22.7 Å². The average molecular weight is 357 g/mol. The lowest BCUT2D eigenvalue weighted by Gasteiger charge is -2.10. The molecule has 26 heavy (non-hydrogen) atoms. The summed E-state index contributed by atoms with van der Waals surface area (Å²) in [6.07, 6.45) is 0. The highest BCUT2D eigenvalue weighted by Gasteiger charge is 2.12. The number of hydrogen-bond donors (Lipinski definition) is 3. The molecule has 136 valence electrons. The highest BCUT2D eigenvalue weighted by atomic mass is 16.5. The number of amides is 4. The number of urea groups is 1. The van der Waals surface area contributed by atoms with Gasteiger partial charge >= 0.3 is 6.03 Å². The molecule has 0 spiro atoms. The molecule has 0 radical (unpaired) electrons. The van der Waals surface area contributed by atoms with Gasteiger partial charge in [-0.15, -0.1) is 0 Å². The molecule has 0 aromatic heterocycles. The van der Waals surface area contributed by atoms with Crippen molar-refractivity contribution in [1.82, 2.24) is 10.6 Å². The van der Waals surface area contributed by atoms with Crippen molar-refractivity contribution in [2.24, 2.45) is 0 Å². The van der Waals surface area contributed by atoms with E-state index in [9.17, 15) is 14.4 Å². The van der Waals surface area contributed by atoms with E-state index >= 15 is 0 Å². The summed E-state index contributed by atoms with van der Waals surface area (Å²) in [6.45, 7) is -0.305. The summed E-state index contributed by atoms with van der Waals surface area (Å²) in [5.74, 6) is 0.0263. The maximum absolute atomic E-state index is 12.3. The van der Waals surface area contributed by atoms with Gasteiger partial charge in [0.25, 0.3) is 11.8 Å². The van der Waals surface area contributed by atoms with Gasteiger partial charge in [-0.25, -0.2) is 4.79 Å². The van der Waals surface area contributed by atoms with E-state index in [2.05, 4.69) is 16.0 Å². The Labute approximate surface area is 150 Å². The Hall–Kier alpha value is -3.55. The summed E-state index contributed by atoms with van der Waals surface area (Å²) in [7, 11) is 2.90. The van der Waals surface area contributed by atoms with Gasteiger partial charge in [-0.05, 0) is 36.4 Å². The minimum Gasteiger partial charge on any atom is -0.496 e. The Morgan fingerprint density at radius 2 is 1.69 bits per heavy atom. The fourth-order valence-electron chi connectivity index (χ4n) is 2.04. The molecule has 0 bridgehead atoms. The molecule has 3 N–H and O–H groups in total. The number of nitrogens with one attached hydrogen (secondary N) is 3. The molecule has 0 heterocycles. The first kappa shape index (κ1) is 18.8. The molecule has 0 aliphatic heterocycles. The molecule has 0 atom stereocenters. The van der Waals surface area contributed by atoms with Gasteiger partial charge in [-0.2, -0.15) is 0 Å². The van der Waals surface area contributed by atoms with Crippen LogP contribution < -0.4 is 25.4 Å². The van der Waals surface area contributed by atoms with Crippen LogP contribution in [0.15, 0.2) is 48.5 Å². The van der Waals surface area contributed by atoms with E-state index in [1.54, 1.807) is 48.5 Å². The van der Waals surface area contributed by atoms with Crippen molar-refractivity contribution >= 4 is 23.5 Å². The van der Waals surface area contributed by atoms with Gasteiger partial charge in [0.05, 0.1) is 12.7 Å². The molecule has 0 aliphatic rings. The lowest BCUT2D eigenvalue weighted by molar-refractivity contribution is -0.122. The van der Waals surface area contributed by atoms with Crippen molar-refractivity contribution in [2.75, 3.05) is 26.1 Å². The molecule has 4 amide bonds. The molecule has 0 saturated carbocycles. The largest absolute Gasteiger partial charge is 0.496 e. The third-order valence-corrected chi connectivity index (χ3v) is 3.31. The Bertz CT molecular complexity index is 790. The van der Waals surface area contributed by atoms with Crippen molar-refractivity contribution < 1.29 is 23.9 Å². The molecule has 0 aliphatic carbocycles. The Morgan fingerprint density at radius 1 is 1.00 bits per heavy atom. The number of rotatable bonds is 6. The highest BCUT2D eigenvalue weighted by molar-refractivity contribution is 6.06. The van der Waals surface area contributed by atoms with E-state index < -0.39 is 11.9 Å². The zero-order valence-electron chi connectivity index (χ0n) is 14.4. The zero-order chi connectivity index (χ0) is 18.9. The van der Waals surface area contributed by atoms with Crippen LogP contribution in [0.5, 0.6) is 11.5 Å². The lowest BCUT2D eigenvalue weighted by atomic mass is 10.2. The van der Waals surface area contributed by atoms with Crippen LogP contribution in [0.1, 0.15) is 10.4 Å². The Balaban J connectivity index is 1.92. The van der Waals surface area contributed by atoms with Gasteiger partial charge in [-0.3, -0.25) is 14.9 Å². The second kappa shape index (κ2) is 9.07. The van der Waals surface area contributed by atoms with Crippen molar-refractivity contribution in [3.63, 3.8) is 0 Å². The van der Waals surface area contributed by atoms with Crippen LogP contribution in [0.25, 0.3) is 0 Å². The molecule has 8 heteroatoms. The van der Waals surface area contributed by atoms with Crippen LogP contribution >= 0.6 is 0 Å². The molecule has 0 saturated heterocycles. The summed E-state index contributed by atoms with van der Waals surface area (Å²) >= 11 is 0. The van der Waals surface area contributed by atoms with Crippen LogP contribution in [0.4, 0.5) is 10.5 Å². The third kappa shape index (κ3) is 5.23. The quantitative estimate of drug-likeness (QED) is 0.731. The normalized spacial score (nSPS) is 9.77. The number of carbonyl (C=O) groups is 3. The van der Waals surface area contributed by atoms with Crippen LogP contribution in [0.3, 0.4) is 0 Å². The number of imide groups is 1. The smallest absolute Gasteiger partial charge is 0.321 e. The Morgan fingerprint density at radius 3 is 2.35 bits per heavy atom. The lowest BCUT2D eigenvalue weighted by Crippen LogP contribution is -2.39. The van der Waals surface area contributed by atoms with Crippen molar-refractivity contribution in [2.45, 2.75) is 0 Å². The summed E-state index contributed by atoms with van der Waals surface area (Å²) < 4.78 is 10.4. The monoisotopic (exact) mass is 357 g/mol. The summed E-state index contributed by atoms with van der Waals surface area (Å²) in [5.41, 5.74) is 0.976. The van der Waals surface area contributed by atoms with Gasteiger partial charge < -0.3 is 20.1 Å². The number of ether oxygens (including phenoxy) is 2. The van der Waals surface area contributed by atoms with E-state index in [4.69, 9.17) is 9.47 Å². The summed E-state index contributed by atoms with van der Waals surface area (Å²) in [5, 5.41) is 7.10. The van der Waals surface area contributed by atoms with Gasteiger partial charge in [0.2, 0.25) is 0 Å². The molecular formula is C18H19N3O5. The van der Waals surface area contributed by atoms with E-state index in [1.807, 2.05) is 0 Å². The van der Waals surface area contributed by atoms with Crippen molar-refractivity contribution in [1.29, 1.82) is 0 Å². The first-order chi connectivity index (χ1) is 12.5. The molecule has 8 nitrogen and oxygen atoms in total. The summed E-state index contributed by atoms with van der Waals surface area (Å²) in [4.78, 5) is 34.8. The number of para-hydroxylation sites is 1. The first-order valence-electron chi connectivity index (χ1n) is 7.72. The maximum atomic E-state index is 12.3. The van der Waals surface area contributed by atoms with Crippen LogP contribution in [0, 0.1) is 0 Å². The van der Waals surface area contributed by atoms with Crippen LogP contribution in [-0.2, 0) is 4.79 Å². The molecule has 2 rings (SSSR count). The van der Waals surface area contributed by atoms with Gasteiger partial charge in [-0.1, -0.05) is 12.1 Å². The summed E-state index contributed by atoms with van der Waals surface area (Å²) in [6, 6.07) is 12.8. The van der Waals surface area contributed by atoms with Gasteiger partial charge in [0.1, 0.15) is 11.5 Å². The third-order valence-electron chi connectivity index (χ3n) is 3.31. The fourth-order valence-corrected chi connectivity index (χ4v) is 2.04.